The highest BCUT2D eigenvalue weighted by molar-refractivity contribution is 9.09. The fraction of sp³-hybridized carbons (Fsp3) is 0.615. The number of amides is 1. The smallest absolute Gasteiger partial charge is 0.253 e. The minimum absolute atomic E-state index is 0.0569. The molecule has 1 heterocycles. The summed E-state index contributed by atoms with van der Waals surface area (Å²) in [5.74, 6) is 0.461. The highest BCUT2D eigenvalue weighted by atomic mass is 79.9. The Morgan fingerprint density at radius 3 is 2.78 bits per heavy atom. The monoisotopic (exact) mass is 313 g/mol. The van der Waals surface area contributed by atoms with E-state index in [1.54, 1.807) is 13.0 Å². The lowest BCUT2D eigenvalue weighted by atomic mass is 10.0. The van der Waals surface area contributed by atoms with Crippen molar-refractivity contribution in [2.24, 2.45) is 5.92 Å². The molecule has 0 fully saturated rings. The molecule has 0 aliphatic carbocycles. The van der Waals surface area contributed by atoms with Crippen LogP contribution in [-0.4, -0.2) is 28.0 Å². The third-order valence-corrected chi connectivity index (χ3v) is 3.45. The third kappa shape index (κ3) is 4.37. The van der Waals surface area contributed by atoms with Crippen LogP contribution in [-0.2, 0) is 0 Å². The molecule has 1 aromatic rings. The molecule has 0 spiro atoms. The summed E-state index contributed by atoms with van der Waals surface area (Å²) in [5.41, 5.74) is 2.06. The van der Waals surface area contributed by atoms with E-state index in [9.17, 15) is 4.79 Å². The van der Waals surface area contributed by atoms with Gasteiger partial charge in [0.05, 0.1) is 17.0 Å². The predicted molar refractivity (Wildman–Crippen MR) is 76.0 cm³/mol. The lowest BCUT2D eigenvalue weighted by Gasteiger charge is -2.14. The van der Waals surface area contributed by atoms with Crippen LogP contribution in [0.15, 0.2) is 6.07 Å². The molecule has 0 aliphatic rings. The van der Waals surface area contributed by atoms with Crippen LogP contribution >= 0.6 is 15.9 Å². The fourth-order valence-corrected chi connectivity index (χ4v) is 2.36. The Balaban J connectivity index is 2.62. The largest absolute Gasteiger partial charge is 0.352 e. The molecule has 100 valence electrons. The first-order chi connectivity index (χ1) is 8.58. The van der Waals surface area contributed by atoms with Crippen LogP contribution in [0.2, 0.25) is 0 Å². The number of nitrogens with one attached hydrogen (secondary N) is 1. The highest BCUT2D eigenvalue weighted by Crippen LogP contribution is 2.10. The molecule has 4 nitrogen and oxygen atoms in total. The molecular formula is C13H20BrN3O. The van der Waals surface area contributed by atoms with Gasteiger partial charge in [-0.25, -0.2) is 0 Å². The standard InChI is InChI=1S/C13H20BrN3O/c1-4-11(5-6-14)8-15-13(18)12-7-9(2)16-17-10(12)3/h7,11H,4-6,8H2,1-3H3,(H,15,18). The first-order valence-corrected chi connectivity index (χ1v) is 7.35. The Morgan fingerprint density at radius 2 is 2.17 bits per heavy atom. The van der Waals surface area contributed by atoms with E-state index in [4.69, 9.17) is 0 Å². The Kier molecular flexibility index (Phi) is 6.25. The molecule has 1 amide bonds. The molecule has 0 aliphatic heterocycles. The summed E-state index contributed by atoms with van der Waals surface area (Å²) in [4.78, 5) is 12.1. The zero-order valence-corrected chi connectivity index (χ0v) is 12.7. The summed E-state index contributed by atoms with van der Waals surface area (Å²) in [6.07, 6.45) is 2.14. The van der Waals surface area contributed by atoms with Crippen LogP contribution in [0.1, 0.15) is 41.5 Å². The van der Waals surface area contributed by atoms with E-state index < -0.39 is 0 Å². The molecule has 0 radical (unpaired) electrons. The number of alkyl halides is 1. The van der Waals surface area contributed by atoms with Gasteiger partial charge in [0.15, 0.2) is 0 Å². The third-order valence-electron chi connectivity index (χ3n) is 2.99. The van der Waals surface area contributed by atoms with Gasteiger partial charge in [-0.1, -0.05) is 29.3 Å². The molecule has 5 heteroatoms. The molecule has 0 saturated carbocycles. The zero-order chi connectivity index (χ0) is 13.5. The van der Waals surface area contributed by atoms with E-state index in [-0.39, 0.29) is 5.91 Å². The minimum atomic E-state index is -0.0569. The van der Waals surface area contributed by atoms with Gasteiger partial charge < -0.3 is 5.32 Å². The number of carbonyl (C=O) groups is 1. The number of halogens is 1. The van der Waals surface area contributed by atoms with Gasteiger partial charge in [-0.2, -0.15) is 10.2 Å². The SMILES string of the molecule is CCC(CCBr)CNC(=O)c1cc(C)nnc1C. The number of nitrogens with zero attached hydrogens (tertiary/aromatic N) is 2. The van der Waals surface area contributed by atoms with Gasteiger partial charge in [-0.05, 0) is 32.3 Å². The first kappa shape index (κ1) is 15.1. The van der Waals surface area contributed by atoms with Crippen LogP contribution in [0.3, 0.4) is 0 Å². The maximum Gasteiger partial charge on any atom is 0.253 e. The summed E-state index contributed by atoms with van der Waals surface area (Å²) in [6, 6.07) is 1.78. The van der Waals surface area contributed by atoms with Crippen molar-refractivity contribution in [3.8, 4) is 0 Å². The Labute approximate surface area is 117 Å². The number of aryl methyl sites for hydroxylation is 2. The summed E-state index contributed by atoms with van der Waals surface area (Å²) < 4.78 is 0. The Morgan fingerprint density at radius 1 is 1.44 bits per heavy atom. The van der Waals surface area contributed by atoms with Crippen molar-refractivity contribution >= 4 is 21.8 Å². The molecule has 1 aromatic heterocycles. The number of rotatable bonds is 6. The van der Waals surface area contributed by atoms with Crippen LogP contribution in [0.5, 0.6) is 0 Å². The maximum absolute atomic E-state index is 12.1. The second-order valence-corrected chi connectivity index (χ2v) is 5.24. The number of carbonyl (C=O) groups excluding carboxylic acids is 1. The van der Waals surface area contributed by atoms with Crippen LogP contribution in [0.25, 0.3) is 0 Å². The van der Waals surface area contributed by atoms with Gasteiger partial charge in [0.25, 0.3) is 5.91 Å². The Bertz CT molecular complexity index is 409. The number of hydrogen-bond donors (Lipinski definition) is 1. The van der Waals surface area contributed by atoms with Crippen molar-refractivity contribution < 1.29 is 4.79 Å². The fourth-order valence-electron chi connectivity index (χ4n) is 1.72. The Hall–Kier alpha value is -0.970. The zero-order valence-electron chi connectivity index (χ0n) is 11.2. The molecule has 0 aromatic carbocycles. The first-order valence-electron chi connectivity index (χ1n) is 6.23. The van der Waals surface area contributed by atoms with Gasteiger partial charge in [0.2, 0.25) is 0 Å². The van der Waals surface area contributed by atoms with Crippen molar-refractivity contribution in [2.75, 3.05) is 11.9 Å². The molecule has 0 bridgehead atoms. The van der Waals surface area contributed by atoms with Crippen molar-refractivity contribution in [1.82, 2.24) is 15.5 Å². The van der Waals surface area contributed by atoms with Crippen LogP contribution < -0.4 is 5.32 Å². The molecule has 1 N–H and O–H groups in total. The van der Waals surface area contributed by atoms with Crippen LogP contribution in [0, 0.1) is 19.8 Å². The van der Waals surface area contributed by atoms with Crippen LogP contribution in [0.4, 0.5) is 0 Å². The average Bonchev–Trinajstić information content (AvgIpc) is 2.37. The minimum Gasteiger partial charge on any atom is -0.352 e. The van der Waals surface area contributed by atoms with E-state index in [1.165, 1.54) is 0 Å². The normalized spacial score (nSPS) is 12.2. The highest BCUT2D eigenvalue weighted by Gasteiger charge is 2.13. The van der Waals surface area contributed by atoms with E-state index in [0.29, 0.717) is 23.7 Å². The lowest BCUT2D eigenvalue weighted by Crippen LogP contribution is -2.30. The molecule has 1 atom stereocenters. The molecule has 0 saturated heterocycles. The van der Waals surface area contributed by atoms with Crippen molar-refractivity contribution in [3.05, 3.63) is 23.0 Å². The topological polar surface area (TPSA) is 54.9 Å². The number of aromatic nitrogens is 2. The van der Waals surface area contributed by atoms with Gasteiger partial charge in [0, 0.05) is 11.9 Å². The summed E-state index contributed by atoms with van der Waals surface area (Å²) in [6.45, 7) is 6.49. The summed E-state index contributed by atoms with van der Waals surface area (Å²) in [5, 5.41) is 11.8. The summed E-state index contributed by atoms with van der Waals surface area (Å²) >= 11 is 3.43. The molecular weight excluding hydrogens is 294 g/mol. The van der Waals surface area contributed by atoms with Crippen molar-refractivity contribution in [3.63, 3.8) is 0 Å². The summed E-state index contributed by atoms with van der Waals surface area (Å²) in [7, 11) is 0. The molecule has 1 unspecified atom stereocenters. The number of hydrogen-bond acceptors (Lipinski definition) is 3. The van der Waals surface area contributed by atoms with E-state index in [1.807, 2.05) is 6.92 Å². The second kappa shape index (κ2) is 7.46. The second-order valence-electron chi connectivity index (χ2n) is 4.45. The molecule has 18 heavy (non-hydrogen) atoms. The van der Waals surface area contributed by atoms with Crippen molar-refractivity contribution in [2.45, 2.75) is 33.6 Å². The van der Waals surface area contributed by atoms with Crippen molar-refractivity contribution in [1.29, 1.82) is 0 Å². The van der Waals surface area contributed by atoms with Gasteiger partial charge in [-0.15, -0.1) is 0 Å². The van der Waals surface area contributed by atoms with E-state index in [2.05, 4.69) is 38.4 Å². The lowest BCUT2D eigenvalue weighted by molar-refractivity contribution is 0.0945. The van der Waals surface area contributed by atoms with E-state index >= 15 is 0 Å². The predicted octanol–water partition coefficient (Wildman–Crippen LogP) is 2.63. The van der Waals surface area contributed by atoms with Gasteiger partial charge in [0.1, 0.15) is 0 Å². The average molecular weight is 314 g/mol. The van der Waals surface area contributed by atoms with Gasteiger partial charge >= 0.3 is 0 Å². The van der Waals surface area contributed by atoms with Gasteiger partial charge in [-0.3, -0.25) is 4.79 Å². The van der Waals surface area contributed by atoms with E-state index in [0.717, 1.165) is 23.9 Å². The molecule has 1 rings (SSSR count). The quantitative estimate of drug-likeness (QED) is 0.821. The maximum atomic E-state index is 12.1.